The van der Waals surface area contributed by atoms with Gasteiger partial charge in [0.05, 0.1) is 11.1 Å². The number of nitrogens with zero attached hydrogens (tertiary/aromatic N) is 3. The predicted octanol–water partition coefficient (Wildman–Crippen LogP) is 4.95. The molecule has 6 rings (SSSR count). The molecule has 0 amide bonds. The number of benzene rings is 2. The highest BCUT2D eigenvalue weighted by Gasteiger charge is 2.37. The summed E-state index contributed by atoms with van der Waals surface area (Å²) in [4.78, 5) is 25.8. The van der Waals surface area contributed by atoms with Gasteiger partial charge in [0.1, 0.15) is 17.9 Å². The Kier molecular flexibility index (Phi) is 4.45. The number of pyridine rings is 1. The van der Waals surface area contributed by atoms with Crippen LogP contribution in [0.15, 0.2) is 48.8 Å². The molecule has 2 aliphatic rings. The molecule has 2 aromatic heterocycles. The van der Waals surface area contributed by atoms with E-state index in [1.165, 1.54) is 0 Å². The van der Waals surface area contributed by atoms with Gasteiger partial charge in [0.15, 0.2) is 0 Å². The van der Waals surface area contributed by atoms with Crippen LogP contribution >= 0.6 is 0 Å². The number of ether oxygens (including phenoxy) is 2. The van der Waals surface area contributed by atoms with E-state index in [0.717, 1.165) is 51.1 Å². The first-order chi connectivity index (χ1) is 16.4. The fraction of sp³-hybridized carbons (Fsp3) is 0.231. The number of esters is 1. The summed E-state index contributed by atoms with van der Waals surface area (Å²) >= 11 is 0. The number of carbonyl (C=O) groups excluding carboxylic acids is 1. The molecule has 170 valence electrons. The lowest BCUT2D eigenvalue weighted by Gasteiger charge is -2.21. The van der Waals surface area contributed by atoms with Gasteiger partial charge in [-0.25, -0.2) is 19.7 Å². The SMILES string of the molecule is Cc1c(-c2ccc3cnc(Nc4ccc5c(c4)C(C)(C)OC5=O)nc3c2)cnc2c1NCCO2. The number of nitrogens with one attached hydrogen (secondary N) is 2. The molecule has 2 aliphatic heterocycles. The Morgan fingerprint density at radius 3 is 2.82 bits per heavy atom. The summed E-state index contributed by atoms with van der Waals surface area (Å²) < 4.78 is 11.1. The Morgan fingerprint density at radius 1 is 1.06 bits per heavy atom. The molecule has 0 aliphatic carbocycles. The van der Waals surface area contributed by atoms with Crippen molar-refractivity contribution in [3.05, 3.63) is 65.5 Å². The van der Waals surface area contributed by atoms with Gasteiger partial charge in [-0.05, 0) is 56.2 Å². The maximum atomic E-state index is 12.1. The third kappa shape index (κ3) is 3.30. The Bertz CT molecular complexity index is 1480. The second kappa shape index (κ2) is 7.41. The van der Waals surface area contributed by atoms with Crippen LogP contribution in [-0.2, 0) is 10.3 Å². The summed E-state index contributed by atoms with van der Waals surface area (Å²) in [5.41, 5.74) is 6.46. The molecule has 2 aromatic carbocycles. The highest BCUT2D eigenvalue weighted by Crippen LogP contribution is 2.38. The zero-order valence-electron chi connectivity index (χ0n) is 19.1. The Labute approximate surface area is 196 Å². The van der Waals surface area contributed by atoms with Crippen LogP contribution in [0.5, 0.6) is 5.88 Å². The van der Waals surface area contributed by atoms with Gasteiger partial charge in [0, 0.05) is 41.1 Å². The number of rotatable bonds is 3. The minimum atomic E-state index is -0.663. The number of fused-ring (bicyclic) bond motifs is 3. The summed E-state index contributed by atoms with van der Waals surface area (Å²) in [5.74, 6) is 0.824. The van der Waals surface area contributed by atoms with Crippen molar-refractivity contribution in [2.75, 3.05) is 23.8 Å². The van der Waals surface area contributed by atoms with E-state index < -0.39 is 5.60 Å². The third-order valence-corrected chi connectivity index (χ3v) is 6.33. The van der Waals surface area contributed by atoms with Gasteiger partial charge in [0.25, 0.3) is 0 Å². The van der Waals surface area contributed by atoms with Crippen molar-refractivity contribution >= 4 is 34.2 Å². The molecule has 0 unspecified atom stereocenters. The van der Waals surface area contributed by atoms with Crippen molar-refractivity contribution in [3.63, 3.8) is 0 Å². The smallest absolute Gasteiger partial charge is 0.339 e. The predicted molar refractivity (Wildman–Crippen MR) is 130 cm³/mol. The molecule has 0 saturated carbocycles. The van der Waals surface area contributed by atoms with E-state index in [4.69, 9.17) is 14.5 Å². The van der Waals surface area contributed by atoms with Crippen molar-refractivity contribution in [1.82, 2.24) is 15.0 Å². The van der Waals surface area contributed by atoms with Crippen LogP contribution in [0, 0.1) is 6.92 Å². The highest BCUT2D eigenvalue weighted by molar-refractivity contribution is 5.95. The Morgan fingerprint density at radius 2 is 1.94 bits per heavy atom. The largest absolute Gasteiger partial charge is 0.474 e. The lowest BCUT2D eigenvalue weighted by atomic mass is 9.95. The summed E-state index contributed by atoms with van der Waals surface area (Å²) in [6.45, 7) is 7.21. The topological polar surface area (TPSA) is 98.3 Å². The van der Waals surface area contributed by atoms with Crippen LogP contribution in [-0.4, -0.2) is 34.1 Å². The van der Waals surface area contributed by atoms with E-state index in [9.17, 15) is 4.79 Å². The number of carbonyl (C=O) groups is 1. The maximum absolute atomic E-state index is 12.1. The lowest BCUT2D eigenvalue weighted by molar-refractivity contribution is 0.00955. The van der Waals surface area contributed by atoms with Crippen molar-refractivity contribution in [2.45, 2.75) is 26.4 Å². The molecule has 4 heterocycles. The lowest BCUT2D eigenvalue weighted by Crippen LogP contribution is -2.20. The van der Waals surface area contributed by atoms with Crippen LogP contribution in [0.3, 0.4) is 0 Å². The number of cyclic esters (lactones) is 1. The summed E-state index contributed by atoms with van der Waals surface area (Å²) in [6, 6.07) is 11.6. The third-order valence-electron chi connectivity index (χ3n) is 6.33. The molecule has 4 aromatic rings. The minimum absolute atomic E-state index is 0.297. The van der Waals surface area contributed by atoms with Crippen molar-refractivity contribution in [2.24, 2.45) is 0 Å². The average molecular weight is 454 g/mol. The molecule has 0 saturated heterocycles. The van der Waals surface area contributed by atoms with Crippen LogP contribution in [0.25, 0.3) is 22.0 Å². The first-order valence-corrected chi connectivity index (χ1v) is 11.2. The van der Waals surface area contributed by atoms with Gasteiger partial charge in [-0.3, -0.25) is 0 Å². The average Bonchev–Trinajstić information content (AvgIpc) is 3.06. The first-order valence-electron chi connectivity index (χ1n) is 11.2. The quantitative estimate of drug-likeness (QED) is 0.420. The number of hydrogen-bond acceptors (Lipinski definition) is 8. The molecule has 8 nitrogen and oxygen atoms in total. The molecule has 0 bridgehead atoms. The van der Waals surface area contributed by atoms with Crippen LogP contribution in [0.4, 0.5) is 17.3 Å². The van der Waals surface area contributed by atoms with E-state index in [1.54, 1.807) is 12.3 Å². The summed E-state index contributed by atoms with van der Waals surface area (Å²) in [5, 5.41) is 7.59. The van der Waals surface area contributed by atoms with E-state index >= 15 is 0 Å². The van der Waals surface area contributed by atoms with Gasteiger partial charge in [-0.15, -0.1) is 0 Å². The Balaban J connectivity index is 1.34. The van der Waals surface area contributed by atoms with E-state index in [0.29, 0.717) is 24.0 Å². The molecule has 34 heavy (non-hydrogen) atoms. The molecule has 2 N–H and O–H groups in total. The molecule has 0 fully saturated rings. The zero-order valence-corrected chi connectivity index (χ0v) is 19.1. The molecule has 8 heteroatoms. The van der Waals surface area contributed by atoms with Gasteiger partial charge in [0.2, 0.25) is 11.8 Å². The molecular formula is C26H23N5O3. The standard InChI is InChI=1S/C26H23N5O3/c1-14-19(13-28-23-22(14)27-8-9-33-23)15-4-5-16-12-29-25(31-21(16)10-15)30-17-6-7-18-20(11-17)26(2,3)34-24(18)32/h4-7,10-13,27H,8-9H2,1-3H3,(H,29,30,31). The monoisotopic (exact) mass is 453 g/mol. The first kappa shape index (κ1) is 20.4. The molecular weight excluding hydrogens is 430 g/mol. The van der Waals surface area contributed by atoms with Gasteiger partial charge in [-0.2, -0.15) is 0 Å². The molecule has 0 radical (unpaired) electrons. The zero-order chi connectivity index (χ0) is 23.4. The van der Waals surface area contributed by atoms with Crippen molar-refractivity contribution in [3.8, 4) is 17.0 Å². The fourth-order valence-corrected chi connectivity index (χ4v) is 4.53. The van der Waals surface area contributed by atoms with Crippen molar-refractivity contribution < 1.29 is 14.3 Å². The van der Waals surface area contributed by atoms with Gasteiger partial charge in [-0.1, -0.05) is 12.1 Å². The normalized spacial score (nSPS) is 15.7. The van der Waals surface area contributed by atoms with Crippen LogP contribution < -0.4 is 15.4 Å². The summed E-state index contributed by atoms with van der Waals surface area (Å²) in [6.07, 6.45) is 3.64. The minimum Gasteiger partial charge on any atom is -0.474 e. The van der Waals surface area contributed by atoms with Crippen LogP contribution in [0.1, 0.15) is 35.3 Å². The maximum Gasteiger partial charge on any atom is 0.339 e. The fourth-order valence-electron chi connectivity index (χ4n) is 4.53. The molecule has 0 spiro atoms. The highest BCUT2D eigenvalue weighted by atomic mass is 16.6. The van der Waals surface area contributed by atoms with Crippen molar-refractivity contribution in [1.29, 1.82) is 0 Å². The second-order valence-electron chi connectivity index (χ2n) is 9.00. The van der Waals surface area contributed by atoms with E-state index in [-0.39, 0.29) is 5.97 Å². The van der Waals surface area contributed by atoms with E-state index in [2.05, 4.69) is 33.6 Å². The number of anilines is 3. The van der Waals surface area contributed by atoms with Crippen LogP contribution in [0.2, 0.25) is 0 Å². The summed E-state index contributed by atoms with van der Waals surface area (Å²) in [7, 11) is 0. The number of aromatic nitrogens is 3. The Hall–Kier alpha value is -4.20. The second-order valence-corrected chi connectivity index (χ2v) is 9.00. The number of hydrogen-bond donors (Lipinski definition) is 2. The van der Waals surface area contributed by atoms with Gasteiger partial charge >= 0.3 is 5.97 Å². The molecule has 0 atom stereocenters. The van der Waals surface area contributed by atoms with Gasteiger partial charge < -0.3 is 20.1 Å². The van der Waals surface area contributed by atoms with E-state index in [1.807, 2.05) is 44.3 Å².